The molecule has 1 aliphatic heterocycles. The van der Waals surface area contributed by atoms with Crippen molar-refractivity contribution in [1.82, 2.24) is 0 Å². The summed E-state index contributed by atoms with van der Waals surface area (Å²) >= 11 is 1.24. The van der Waals surface area contributed by atoms with Crippen molar-refractivity contribution >= 4 is 27.6 Å². The second-order valence-electron chi connectivity index (χ2n) is 3.96. The van der Waals surface area contributed by atoms with E-state index in [-0.39, 0.29) is 16.8 Å². The number of carboxylic acids is 1. The van der Waals surface area contributed by atoms with Crippen LogP contribution in [0.5, 0.6) is 0 Å². The lowest BCUT2D eigenvalue weighted by Crippen LogP contribution is -2.30. The number of carbonyl (C=O) groups is 1. The van der Waals surface area contributed by atoms with Crippen molar-refractivity contribution in [2.75, 3.05) is 11.5 Å². The molecule has 0 aliphatic carbocycles. The molecule has 4 nitrogen and oxygen atoms in total. The monoisotopic (exact) mass is 238 g/mol. The topological polar surface area (TPSA) is 71.4 Å². The van der Waals surface area contributed by atoms with E-state index in [1.54, 1.807) is 13.8 Å². The standard InChI is InChI=1S/C8H14O4S2/c1-8(2,7(9)10)13-6-3-4-14(11,12)5-6/h6H,3-5H2,1-2H3,(H,9,10). The fourth-order valence-corrected chi connectivity index (χ4v) is 5.08. The Morgan fingerprint density at radius 3 is 2.43 bits per heavy atom. The lowest BCUT2D eigenvalue weighted by Gasteiger charge is -2.21. The number of hydrogen-bond donors (Lipinski definition) is 1. The van der Waals surface area contributed by atoms with E-state index in [1.165, 1.54) is 11.8 Å². The summed E-state index contributed by atoms with van der Waals surface area (Å²) in [7, 11) is -2.91. The second-order valence-corrected chi connectivity index (χ2v) is 8.11. The van der Waals surface area contributed by atoms with Gasteiger partial charge in [0.25, 0.3) is 0 Å². The normalized spacial score (nSPS) is 26.3. The third-order valence-corrected chi connectivity index (χ3v) is 5.65. The van der Waals surface area contributed by atoms with Gasteiger partial charge in [-0.2, -0.15) is 0 Å². The van der Waals surface area contributed by atoms with E-state index < -0.39 is 20.6 Å². The maximum absolute atomic E-state index is 11.1. The lowest BCUT2D eigenvalue weighted by molar-refractivity contribution is -0.138. The molecule has 1 saturated heterocycles. The molecule has 0 aromatic rings. The van der Waals surface area contributed by atoms with Crippen LogP contribution >= 0.6 is 11.8 Å². The summed E-state index contributed by atoms with van der Waals surface area (Å²) in [5.41, 5.74) is 0. The first kappa shape index (κ1) is 11.8. The number of aliphatic carboxylic acids is 1. The highest BCUT2D eigenvalue weighted by Gasteiger charge is 2.36. The first-order valence-electron chi connectivity index (χ1n) is 4.34. The maximum atomic E-state index is 11.1. The van der Waals surface area contributed by atoms with Crippen LogP contribution in [-0.4, -0.2) is 41.0 Å². The van der Waals surface area contributed by atoms with Crippen LogP contribution in [0.1, 0.15) is 20.3 Å². The Morgan fingerprint density at radius 2 is 2.07 bits per heavy atom. The van der Waals surface area contributed by atoms with E-state index >= 15 is 0 Å². The third kappa shape index (κ3) is 2.88. The average Bonchev–Trinajstić information content (AvgIpc) is 2.28. The maximum Gasteiger partial charge on any atom is 0.319 e. The summed E-state index contributed by atoms with van der Waals surface area (Å²) in [6, 6.07) is 0. The van der Waals surface area contributed by atoms with Gasteiger partial charge >= 0.3 is 5.97 Å². The van der Waals surface area contributed by atoms with Gasteiger partial charge in [0.15, 0.2) is 9.84 Å². The smallest absolute Gasteiger partial charge is 0.319 e. The molecule has 14 heavy (non-hydrogen) atoms. The predicted octanol–water partition coefficient (Wildman–Crippen LogP) is 0.770. The van der Waals surface area contributed by atoms with Crippen LogP contribution in [0, 0.1) is 0 Å². The van der Waals surface area contributed by atoms with Gasteiger partial charge in [-0.25, -0.2) is 8.42 Å². The fraction of sp³-hybridized carbons (Fsp3) is 0.875. The van der Waals surface area contributed by atoms with Crippen LogP contribution in [0.3, 0.4) is 0 Å². The van der Waals surface area contributed by atoms with E-state index in [1.807, 2.05) is 0 Å². The molecule has 1 N–H and O–H groups in total. The van der Waals surface area contributed by atoms with Gasteiger partial charge < -0.3 is 5.11 Å². The van der Waals surface area contributed by atoms with Crippen molar-refractivity contribution in [3.05, 3.63) is 0 Å². The SMILES string of the molecule is CC(C)(SC1CCS(=O)(=O)C1)C(=O)O. The summed E-state index contributed by atoms with van der Waals surface area (Å²) in [4.78, 5) is 10.8. The molecule has 0 radical (unpaired) electrons. The predicted molar refractivity (Wildman–Crippen MR) is 56.4 cm³/mol. The third-order valence-electron chi connectivity index (χ3n) is 2.17. The van der Waals surface area contributed by atoms with Crippen molar-refractivity contribution in [1.29, 1.82) is 0 Å². The van der Waals surface area contributed by atoms with E-state index in [2.05, 4.69) is 0 Å². The van der Waals surface area contributed by atoms with Gasteiger partial charge in [-0.15, -0.1) is 11.8 Å². The molecule has 0 aromatic heterocycles. The molecule has 0 amide bonds. The molecular weight excluding hydrogens is 224 g/mol. The average molecular weight is 238 g/mol. The zero-order valence-electron chi connectivity index (χ0n) is 8.19. The lowest BCUT2D eigenvalue weighted by atomic mass is 10.2. The van der Waals surface area contributed by atoms with E-state index in [9.17, 15) is 13.2 Å². The van der Waals surface area contributed by atoms with Crippen LogP contribution in [0.25, 0.3) is 0 Å². The van der Waals surface area contributed by atoms with Gasteiger partial charge in [0.05, 0.1) is 11.5 Å². The highest BCUT2D eigenvalue weighted by molar-refractivity contribution is 8.03. The molecular formula is C8H14O4S2. The highest BCUT2D eigenvalue weighted by Crippen LogP contribution is 2.34. The number of carboxylic acid groups (broad SMARTS) is 1. The highest BCUT2D eigenvalue weighted by atomic mass is 32.2. The largest absolute Gasteiger partial charge is 0.480 e. The Balaban J connectivity index is 2.60. The zero-order chi connectivity index (χ0) is 11.0. The first-order chi connectivity index (χ1) is 6.23. The molecule has 1 atom stereocenters. The van der Waals surface area contributed by atoms with Crippen LogP contribution in [-0.2, 0) is 14.6 Å². The zero-order valence-corrected chi connectivity index (χ0v) is 9.82. The summed E-state index contributed by atoms with van der Waals surface area (Å²) < 4.78 is 21.4. The molecule has 1 aliphatic rings. The fourth-order valence-electron chi connectivity index (χ4n) is 1.32. The van der Waals surface area contributed by atoms with Crippen LogP contribution in [0.2, 0.25) is 0 Å². The molecule has 1 unspecified atom stereocenters. The van der Waals surface area contributed by atoms with E-state index in [4.69, 9.17) is 5.11 Å². The Labute approximate surface area is 88.0 Å². The summed E-state index contributed by atoms with van der Waals surface area (Å²) in [6.07, 6.45) is 0.573. The van der Waals surface area contributed by atoms with Gasteiger partial charge in [-0.05, 0) is 20.3 Å². The van der Waals surface area contributed by atoms with Gasteiger partial charge in [-0.1, -0.05) is 0 Å². The van der Waals surface area contributed by atoms with Crippen molar-refractivity contribution in [2.24, 2.45) is 0 Å². The Morgan fingerprint density at radius 1 is 1.50 bits per heavy atom. The quantitative estimate of drug-likeness (QED) is 0.786. The minimum Gasteiger partial charge on any atom is -0.480 e. The van der Waals surface area contributed by atoms with Gasteiger partial charge in [0.1, 0.15) is 4.75 Å². The van der Waals surface area contributed by atoms with E-state index in [0.717, 1.165) is 0 Å². The Kier molecular flexibility index (Phi) is 3.16. The molecule has 0 spiro atoms. The Bertz CT molecular complexity index is 331. The second kappa shape index (κ2) is 3.73. The molecule has 0 bridgehead atoms. The number of thioether (sulfide) groups is 1. The molecule has 6 heteroatoms. The molecule has 0 saturated carbocycles. The first-order valence-corrected chi connectivity index (χ1v) is 7.05. The number of hydrogen-bond acceptors (Lipinski definition) is 4. The van der Waals surface area contributed by atoms with Gasteiger partial charge in [-0.3, -0.25) is 4.79 Å². The number of rotatable bonds is 3. The number of sulfone groups is 1. The molecule has 1 rings (SSSR count). The molecule has 1 heterocycles. The van der Waals surface area contributed by atoms with E-state index in [0.29, 0.717) is 6.42 Å². The molecule has 1 fully saturated rings. The summed E-state index contributed by atoms with van der Waals surface area (Å²) in [5.74, 6) is -0.582. The van der Waals surface area contributed by atoms with Crippen molar-refractivity contribution in [2.45, 2.75) is 30.3 Å². The van der Waals surface area contributed by atoms with Crippen molar-refractivity contribution < 1.29 is 18.3 Å². The van der Waals surface area contributed by atoms with Crippen molar-refractivity contribution in [3.8, 4) is 0 Å². The molecule has 82 valence electrons. The van der Waals surface area contributed by atoms with Gasteiger partial charge in [0.2, 0.25) is 0 Å². The summed E-state index contributed by atoms with van der Waals surface area (Å²) in [5, 5.41) is 8.80. The van der Waals surface area contributed by atoms with Crippen LogP contribution < -0.4 is 0 Å². The van der Waals surface area contributed by atoms with Crippen LogP contribution in [0.4, 0.5) is 0 Å². The van der Waals surface area contributed by atoms with Crippen LogP contribution in [0.15, 0.2) is 0 Å². The van der Waals surface area contributed by atoms with Crippen molar-refractivity contribution in [3.63, 3.8) is 0 Å². The minimum atomic E-state index is -2.91. The molecule has 0 aromatic carbocycles. The minimum absolute atomic E-state index is 0.0638. The Hall–Kier alpha value is -0.230. The summed E-state index contributed by atoms with van der Waals surface area (Å²) in [6.45, 7) is 3.20. The van der Waals surface area contributed by atoms with Gasteiger partial charge in [0, 0.05) is 5.25 Å².